The zero-order chi connectivity index (χ0) is 18.8. The van der Waals surface area contributed by atoms with E-state index in [0.29, 0.717) is 11.5 Å². The molecule has 1 aliphatic carbocycles. The summed E-state index contributed by atoms with van der Waals surface area (Å²) in [6.07, 6.45) is 6.61. The third-order valence-corrected chi connectivity index (χ3v) is 6.82. The van der Waals surface area contributed by atoms with Crippen LogP contribution >= 0.6 is 31.8 Å². The molecular formula is C24H23FIP. The maximum atomic E-state index is 14.9. The van der Waals surface area contributed by atoms with Crippen LogP contribution < -0.4 is 5.30 Å². The van der Waals surface area contributed by atoms with Crippen LogP contribution in [-0.2, 0) is 0 Å². The first-order valence-corrected chi connectivity index (χ1v) is 11.2. The van der Waals surface area contributed by atoms with E-state index in [9.17, 15) is 4.39 Å². The fourth-order valence-electron chi connectivity index (χ4n) is 4.05. The first-order chi connectivity index (χ1) is 13.1. The van der Waals surface area contributed by atoms with Crippen molar-refractivity contribution in [1.29, 1.82) is 0 Å². The van der Waals surface area contributed by atoms with Crippen molar-refractivity contribution in [1.82, 2.24) is 0 Å². The molecule has 1 saturated carbocycles. The van der Waals surface area contributed by atoms with Crippen molar-refractivity contribution in [2.75, 3.05) is 0 Å². The average molecular weight is 488 g/mol. The Bertz CT molecular complexity index is 943. The first-order valence-electron chi connectivity index (χ1n) is 9.57. The second-order valence-electron chi connectivity index (χ2n) is 7.39. The molecule has 0 amide bonds. The standard InChI is InChI=1S/C24H23FIP/c25-23-14-19(22-13-11-20(27)15-24(22)26)10-12-21(23)18-8-6-17(7-9-18)16-4-2-1-3-5-16/h6-16H,1-5,27H2. The molecule has 138 valence electrons. The second-order valence-corrected chi connectivity index (χ2v) is 9.22. The summed E-state index contributed by atoms with van der Waals surface area (Å²) in [4.78, 5) is 0. The molecule has 3 aromatic rings. The molecule has 0 spiro atoms. The van der Waals surface area contributed by atoms with E-state index >= 15 is 0 Å². The van der Waals surface area contributed by atoms with E-state index in [2.05, 4.69) is 68.2 Å². The molecule has 1 fully saturated rings. The van der Waals surface area contributed by atoms with Gasteiger partial charge in [-0.1, -0.05) is 67.8 Å². The highest BCUT2D eigenvalue weighted by Gasteiger charge is 2.16. The van der Waals surface area contributed by atoms with Gasteiger partial charge in [-0.15, -0.1) is 9.24 Å². The van der Waals surface area contributed by atoms with Gasteiger partial charge >= 0.3 is 0 Å². The Kier molecular flexibility index (Phi) is 5.94. The Balaban J connectivity index is 1.60. The van der Waals surface area contributed by atoms with Gasteiger partial charge in [0.2, 0.25) is 0 Å². The summed E-state index contributed by atoms with van der Waals surface area (Å²) in [5, 5.41) is 1.14. The van der Waals surface area contributed by atoms with Crippen molar-refractivity contribution in [3.05, 3.63) is 75.6 Å². The Morgan fingerprint density at radius 3 is 2.11 bits per heavy atom. The van der Waals surface area contributed by atoms with Crippen LogP contribution in [0.2, 0.25) is 0 Å². The summed E-state index contributed by atoms with van der Waals surface area (Å²) < 4.78 is 16.0. The number of hydrogen-bond donors (Lipinski definition) is 0. The second kappa shape index (κ2) is 8.41. The van der Waals surface area contributed by atoms with Crippen LogP contribution in [0.3, 0.4) is 0 Å². The van der Waals surface area contributed by atoms with Gasteiger partial charge in [0, 0.05) is 9.13 Å². The highest BCUT2D eigenvalue weighted by Crippen LogP contribution is 2.35. The summed E-state index contributed by atoms with van der Waals surface area (Å²) >= 11 is 2.31. The van der Waals surface area contributed by atoms with Gasteiger partial charge < -0.3 is 0 Å². The van der Waals surface area contributed by atoms with Gasteiger partial charge in [0.15, 0.2) is 0 Å². The van der Waals surface area contributed by atoms with Crippen molar-refractivity contribution in [3.8, 4) is 22.3 Å². The molecule has 0 aliphatic heterocycles. The number of hydrogen-bond acceptors (Lipinski definition) is 0. The summed E-state index contributed by atoms with van der Waals surface area (Å²) in [5.41, 5.74) is 5.02. The van der Waals surface area contributed by atoms with Crippen LogP contribution in [0.5, 0.6) is 0 Å². The lowest BCUT2D eigenvalue weighted by Crippen LogP contribution is -2.04. The fraction of sp³-hybridized carbons (Fsp3) is 0.250. The summed E-state index contributed by atoms with van der Waals surface area (Å²) in [6, 6.07) is 20.3. The number of halogens is 2. The maximum absolute atomic E-state index is 14.9. The van der Waals surface area contributed by atoms with E-state index in [4.69, 9.17) is 0 Å². The van der Waals surface area contributed by atoms with E-state index in [1.165, 1.54) is 37.7 Å². The minimum atomic E-state index is -0.163. The molecule has 1 unspecified atom stereocenters. The number of rotatable bonds is 3. The lowest BCUT2D eigenvalue weighted by atomic mass is 9.83. The van der Waals surface area contributed by atoms with Gasteiger partial charge in [-0.3, -0.25) is 0 Å². The molecule has 0 N–H and O–H groups in total. The molecule has 0 heterocycles. The molecule has 1 atom stereocenters. The van der Waals surface area contributed by atoms with Gasteiger partial charge in [-0.2, -0.15) is 0 Å². The van der Waals surface area contributed by atoms with Crippen LogP contribution in [0.1, 0.15) is 43.6 Å². The van der Waals surface area contributed by atoms with Crippen molar-refractivity contribution in [2.45, 2.75) is 38.0 Å². The van der Waals surface area contributed by atoms with E-state index in [1.807, 2.05) is 18.2 Å². The smallest absolute Gasteiger partial charge is 0.131 e. The van der Waals surface area contributed by atoms with Crippen LogP contribution in [0, 0.1) is 9.39 Å². The van der Waals surface area contributed by atoms with Crippen molar-refractivity contribution < 1.29 is 4.39 Å². The van der Waals surface area contributed by atoms with Crippen LogP contribution in [0.25, 0.3) is 22.3 Å². The Hall–Kier alpha value is -1.25. The van der Waals surface area contributed by atoms with Crippen LogP contribution in [0.15, 0.2) is 60.7 Å². The van der Waals surface area contributed by atoms with Crippen molar-refractivity contribution in [2.24, 2.45) is 0 Å². The maximum Gasteiger partial charge on any atom is 0.131 e. The molecule has 0 bridgehead atoms. The molecule has 4 rings (SSSR count). The third kappa shape index (κ3) is 4.27. The highest BCUT2D eigenvalue weighted by atomic mass is 127. The molecule has 0 radical (unpaired) electrons. The van der Waals surface area contributed by atoms with Crippen molar-refractivity contribution in [3.63, 3.8) is 0 Å². The molecule has 27 heavy (non-hydrogen) atoms. The minimum Gasteiger partial charge on any atom is -0.206 e. The van der Waals surface area contributed by atoms with Gasteiger partial charge in [0.25, 0.3) is 0 Å². The summed E-state index contributed by atoms with van der Waals surface area (Å²) in [7, 11) is 2.70. The van der Waals surface area contributed by atoms with E-state index in [-0.39, 0.29) is 5.82 Å². The minimum absolute atomic E-state index is 0.163. The SMILES string of the molecule is Fc1cc(-c2ccc(P)cc2I)ccc1-c1ccc(C2CCCCC2)cc1. The van der Waals surface area contributed by atoms with Gasteiger partial charge in [-0.05, 0) is 81.0 Å². The van der Waals surface area contributed by atoms with Gasteiger partial charge in [0.05, 0.1) is 0 Å². The largest absolute Gasteiger partial charge is 0.206 e. The predicted octanol–water partition coefficient (Wildman–Crippen LogP) is 7.31. The molecule has 3 heteroatoms. The van der Waals surface area contributed by atoms with Crippen LogP contribution in [-0.4, -0.2) is 0 Å². The van der Waals surface area contributed by atoms with E-state index < -0.39 is 0 Å². The van der Waals surface area contributed by atoms with Gasteiger partial charge in [-0.25, -0.2) is 4.39 Å². The van der Waals surface area contributed by atoms with E-state index in [0.717, 1.165) is 25.6 Å². The molecule has 0 nitrogen and oxygen atoms in total. The zero-order valence-corrected chi connectivity index (χ0v) is 18.5. The first kappa shape index (κ1) is 19.1. The quantitative estimate of drug-likeness (QED) is 0.268. The molecular weight excluding hydrogens is 465 g/mol. The highest BCUT2D eigenvalue weighted by molar-refractivity contribution is 14.1. The van der Waals surface area contributed by atoms with Crippen molar-refractivity contribution >= 4 is 37.1 Å². The monoisotopic (exact) mass is 488 g/mol. The summed E-state index contributed by atoms with van der Waals surface area (Å²) in [5.74, 6) is 0.519. The predicted molar refractivity (Wildman–Crippen MR) is 125 cm³/mol. The zero-order valence-electron chi connectivity index (χ0n) is 15.2. The molecule has 1 aliphatic rings. The lowest BCUT2D eigenvalue weighted by Gasteiger charge is -2.22. The Labute approximate surface area is 176 Å². The molecule has 0 saturated heterocycles. The fourth-order valence-corrected chi connectivity index (χ4v) is 5.51. The van der Waals surface area contributed by atoms with Gasteiger partial charge in [0.1, 0.15) is 5.82 Å². The third-order valence-electron chi connectivity index (χ3n) is 5.57. The Morgan fingerprint density at radius 1 is 0.778 bits per heavy atom. The summed E-state index contributed by atoms with van der Waals surface area (Å²) in [6.45, 7) is 0. The molecule has 3 aromatic carbocycles. The van der Waals surface area contributed by atoms with E-state index in [1.54, 1.807) is 6.07 Å². The average Bonchev–Trinajstić information content (AvgIpc) is 2.69. The normalized spacial score (nSPS) is 15.1. The van der Waals surface area contributed by atoms with Crippen LogP contribution in [0.4, 0.5) is 4.39 Å². The lowest BCUT2D eigenvalue weighted by molar-refractivity contribution is 0.443. The number of benzene rings is 3. The Morgan fingerprint density at radius 2 is 1.44 bits per heavy atom. The topological polar surface area (TPSA) is 0 Å². The molecule has 0 aromatic heterocycles.